The molecule has 0 aliphatic heterocycles. The number of hydrogen-bond donors (Lipinski definition) is 4. The molecule has 0 bridgehead atoms. The van der Waals surface area contributed by atoms with Crippen molar-refractivity contribution < 1.29 is 81.0 Å². The molecule has 1 heterocycles. The molecule has 0 aliphatic rings. The Morgan fingerprint density at radius 3 is 2.38 bits per heavy atom. The normalized spacial score (nSPS) is 10.4. The molecular formula is C16H12KO7+. The molecule has 0 fully saturated rings. The van der Waals surface area contributed by atoms with Crippen LogP contribution in [0.4, 0.5) is 0 Å². The van der Waals surface area contributed by atoms with Crippen LogP contribution in [-0.4, -0.2) is 27.5 Å². The number of rotatable bonds is 2. The summed E-state index contributed by atoms with van der Waals surface area (Å²) >= 11 is 0. The van der Waals surface area contributed by atoms with Crippen LogP contribution in [-0.2, 0) is 0 Å². The monoisotopic (exact) mass is 355 g/mol. The van der Waals surface area contributed by atoms with Gasteiger partial charge in [0, 0.05) is 17.7 Å². The van der Waals surface area contributed by atoms with Crippen LogP contribution >= 0.6 is 0 Å². The van der Waals surface area contributed by atoms with E-state index in [0.717, 1.165) is 12.1 Å². The van der Waals surface area contributed by atoms with Gasteiger partial charge in [-0.1, -0.05) is 0 Å². The van der Waals surface area contributed by atoms with Crippen LogP contribution in [0.2, 0.25) is 0 Å². The maximum absolute atomic E-state index is 12.2. The topological polar surface area (TPSA) is 120 Å². The van der Waals surface area contributed by atoms with Crippen LogP contribution in [0.5, 0.6) is 28.7 Å². The molecule has 3 rings (SSSR count). The van der Waals surface area contributed by atoms with Gasteiger partial charge < -0.3 is 29.6 Å². The zero-order valence-electron chi connectivity index (χ0n) is 12.9. The van der Waals surface area contributed by atoms with E-state index in [0.29, 0.717) is 0 Å². The zero-order chi connectivity index (χ0) is 16.7. The van der Waals surface area contributed by atoms with Gasteiger partial charge in [0.25, 0.3) is 0 Å². The summed E-state index contributed by atoms with van der Waals surface area (Å²) in [6.07, 6.45) is 0. The summed E-state index contributed by atoms with van der Waals surface area (Å²) in [5.74, 6) is -1.66. The van der Waals surface area contributed by atoms with Crippen molar-refractivity contribution in [1.29, 1.82) is 0 Å². The van der Waals surface area contributed by atoms with E-state index in [1.54, 1.807) is 0 Å². The van der Waals surface area contributed by atoms with E-state index in [-0.39, 0.29) is 90.9 Å². The minimum absolute atomic E-state index is 0. The van der Waals surface area contributed by atoms with Gasteiger partial charge in [-0.15, -0.1) is 0 Å². The number of methoxy groups -OCH3 is 1. The summed E-state index contributed by atoms with van der Waals surface area (Å²) in [7, 11) is 1.35. The molecule has 0 radical (unpaired) electrons. The first-order chi connectivity index (χ1) is 10.9. The second kappa shape index (κ2) is 7.04. The molecule has 0 saturated heterocycles. The number of benzene rings is 2. The minimum Gasteiger partial charge on any atom is -0.508 e. The predicted octanol–water partition coefficient (Wildman–Crippen LogP) is -0.705. The molecule has 24 heavy (non-hydrogen) atoms. The average Bonchev–Trinajstić information content (AvgIpc) is 2.50. The first kappa shape index (κ1) is 18.6. The van der Waals surface area contributed by atoms with Crippen molar-refractivity contribution in [3.8, 4) is 40.1 Å². The van der Waals surface area contributed by atoms with Gasteiger partial charge in [0.05, 0.1) is 7.11 Å². The smallest absolute Gasteiger partial charge is 0.508 e. The van der Waals surface area contributed by atoms with Gasteiger partial charge >= 0.3 is 51.4 Å². The van der Waals surface area contributed by atoms with Gasteiger partial charge in [0.1, 0.15) is 22.5 Å². The fraction of sp³-hybridized carbons (Fsp3) is 0.0625. The number of ether oxygens (including phenoxy) is 1. The van der Waals surface area contributed by atoms with Crippen molar-refractivity contribution in [1.82, 2.24) is 0 Å². The fourth-order valence-corrected chi connectivity index (χ4v) is 2.29. The Labute approximate surface area is 178 Å². The van der Waals surface area contributed by atoms with Crippen molar-refractivity contribution in [2.45, 2.75) is 0 Å². The Kier molecular flexibility index (Phi) is 5.46. The molecule has 118 valence electrons. The van der Waals surface area contributed by atoms with Crippen molar-refractivity contribution in [2.75, 3.05) is 7.11 Å². The van der Waals surface area contributed by atoms with Crippen molar-refractivity contribution >= 4 is 11.0 Å². The maximum atomic E-state index is 12.2. The molecule has 7 nitrogen and oxygen atoms in total. The van der Waals surface area contributed by atoms with Crippen LogP contribution < -0.4 is 61.6 Å². The van der Waals surface area contributed by atoms with Crippen LogP contribution in [0.1, 0.15) is 0 Å². The van der Waals surface area contributed by atoms with Gasteiger partial charge in [-0.05, 0) is 18.2 Å². The number of aromatic hydroxyl groups is 4. The second-order valence-electron chi connectivity index (χ2n) is 4.83. The molecule has 8 heteroatoms. The van der Waals surface area contributed by atoms with E-state index in [1.807, 2.05) is 0 Å². The third-order valence-electron chi connectivity index (χ3n) is 3.38. The quantitative estimate of drug-likeness (QED) is 0.449. The molecule has 3 aromatic rings. The number of fused-ring (bicyclic) bond motifs is 1. The second-order valence-corrected chi connectivity index (χ2v) is 4.83. The molecule has 0 spiro atoms. The van der Waals surface area contributed by atoms with Crippen LogP contribution in [0.3, 0.4) is 0 Å². The molecule has 2 aromatic carbocycles. The summed E-state index contributed by atoms with van der Waals surface area (Å²) in [6.45, 7) is 0. The van der Waals surface area contributed by atoms with E-state index < -0.39 is 16.9 Å². The van der Waals surface area contributed by atoms with Gasteiger partial charge in [0.15, 0.2) is 17.3 Å². The van der Waals surface area contributed by atoms with E-state index in [4.69, 9.17) is 9.15 Å². The zero-order valence-corrected chi connectivity index (χ0v) is 16.0. The van der Waals surface area contributed by atoms with Crippen molar-refractivity contribution in [2.24, 2.45) is 0 Å². The third-order valence-corrected chi connectivity index (χ3v) is 3.38. The fourth-order valence-electron chi connectivity index (χ4n) is 2.29. The maximum Gasteiger partial charge on any atom is 1.00 e. The largest absolute Gasteiger partial charge is 1.00 e. The summed E-state index contributed by atoms with van der Waals surface area (Å²) in [5.41, 5.74) is -0.655. The molecule has 0 amide bonds. The number of hydrogen-bond acceptors (Lipinski definition) is 7. The molecule has 0 aliphatic carbocycles. The summed E-state index contributed by atoms with van der Waals surface area (Å²) < 4.78 is 10.4. The Hall–Kier alpha value is -1.71. The molecule has 0 saturated carbocycles. The predicted molar refractivity (Wildman–Crippen MR) is 81.1 cm³/mol. The van der Waals surface area contributed by atoms with E-state index in [1.165, 1.54) is 25.3 Å². The van der Waals surface area contributed by atoms with Crippen LogP contribution in [0.25, 0.3) is 22.3 Å². The third kappa shape index (κ3) is 3.11. The van der Waals surface area contributed by atoms with Crippen molar-refractivity contribution in [3.05, 3.63) is 40.6 Å². The van der Waals surface area contributed by atoms with Crippen LogP contribution in [0.15, 0.2) is 39.5 Å². The van der Waals surface area contributed by atoms with E-state index in [2.05, 4.69) is 0 Å². The molecule has 1 aromatic heterocycles. The van der Waals surface area contributed by atoms with Crippen LogP contribution in [0, 0.1) is 0 Å². The molecular weight excluding hydrogens is 343 g/mol. The van der Waals surface area contributed by atoms with E-state index >= 15 is 0 Å². The molecule has 0 unspecified atom stereocenters. The van der Waals surface area contributed by atoms with Crippen molar-refractivity contribution in [3.63, 3.8) is 0 Å². The van der Waals surface area contributed by atoms with Gasteiger partial charge in [-0.2, -0.15) is 0 Å². The Balaban J connectivity index is 0.00000208. The Morgan fingerprint density at radius 2 is 1.71 bits per heavy atom. The average molecular weight is 355 g/mol. The first-order valence-electron chi connectivity index (χ1n) is 6.51. The SMILES string of the molecule is COc1cc(-c2oc3cc(O)cc(O)c3c(=O)c2O)ccc1O.[K+]. The van der Waals surface area contributed by atoms with Gasteiger partial charge in [-0.3, -0.25) is 4.79 Å². The summed E-state index contributed by atoms with van der Waals surface area (Å²) in [4.78, 5) is 12.2. The van der Waals surface area contributed by atoms with Gasteiger partial charge in [0.2, 0.25) is 11.2 Å². The minimum atomic E-state index is -0.842. The summed E-state index contributed by atoms with van der Waals surface area (Å²) in [5, 5.41) is 38.7. The Morgan fingerprint density at radius 1 is 1.00 bits per heavy atom. The van der Waals surface area contributed by atoms with Gasteiger partial charge in [-0.25, -0.2) is 0 Å². The molecule has 4 N–H and O–H groups in total. The van der Waals surface area contributed by atoms with E-state index in [9.17, 15) is 25.2 Å². The number of phenols is 3. The standard InChI is InChI=1S/C16H12O7.K/c1-22-11-4-7(2-3-9(11)18)16-15(21)14(20)13-10(19)5-8(17)6-12(13)23-16;/h2-6,17-19,21H,1H3;/q;+1. The number of phenolic OH excluding ortho intramolecular Hbond substituents is 3. The summed E-state index contributed by atoms with van der Waals surface area (Å²) in [6, 6.07) is 6.24. The first-order valence-corrected chi connectivity index (χ1v) is 6.51. The Bertz CT molecular complexity index is 978. The molecule has 0 atom stereocenters.